The van der Waals surface area contributed by atoms with Gasteiger partial charge in [-0.3, -0.25) is 0 Å². The monoisotopic (exact) mass is 292 g/mol. The zero-order chi connectivity index (χ0) is 13.8. The minimum Gasteiger partial charge on any atom is -0.323 e. The van der Waals surface area contributed by atoms with E-state index in [0.717, 1.165) is 10.6 Å². The molecule has 0 aliphatic rings. The van der Waals surface area contributed by atoms with Crippen molar-refractivity contribution in [3.63, 3.8) is 0 Å². The highest BCUT2D eigenvalue weighted by molar-refractivity contribution is 7.99. The van der Waals surface area contributed by atoms with Gasteiger partial charge in [-0.25, -0.2) is 4.98 Å². The first-order valence-electron chi connectivity index (χ1n) is 6.16. The Morgan fingerprint density at radius 2 is 1.84 bits per heavy atom. The van der Waals surface area contributed by atoms with Crippen LogP contribution in [0.25, 0.3) is 0 Å². The van der Waals surface area contributed by atoms with Crippen molar-refractivity contribution in [3.8, 4) is 0 Å². The zero-order valence-electron chi connectivity index (χ0n) is 11.0. The average molecular weight is 293 g/mol. The van der Waals surface area contributed by atoms with E-state index in [1.165, 1.54) is 5.56 Å². The van der Waals surface area contributed by atoms with Gasteiger partial charge in [0.2, 0.25) is 0 Å². The van der Waals surface area contributed by atoms with Crippen LogP contribution in [0.15, 0.2) is 47.6 Å². The topological polar surface area (TPSA) is 38.9 Å². The normalized spacial score (nSPS) is 14.1. The van der Waals surface area contributed by atoms with Gasteiger partial charge in [0.25, 0.3) is 0 Å². The molecule has 0 amide bonds. The van der Waals surface area contributed by atoms with Crippen LogP contribution >= 0.6 is 23.4 Å². The number of benzene rings is 1. The van der Waals surface area contributed by atoms with Crippen molar-refractivity contribution in [2.24, 2.45) is 5.73 Å². The molecular formula is C15H17ClN2S. The maximum Gasteiger partial charge on any atom is 0.0964 e. The third-order valence-electron chi connectivity index (χ3n) is 2.97. The van der Waals surface area contributed by atoms with Gasteiger partial charge in [-0.05, 0) is 24.6 Å². The molecule has 0 saturated heterocycles. The number of aromatic nitrogens is 1. The predicted molar refractivity (Wildman–Crippen MR) is 82.7 cm³/mol. The molecular weight excluding hydrogens is 276 g/mol. The fraction of sp³-hybridized carbons (Fsp3) is 0.267. The van der Waals surface area contributed by atoms with E-state index in [0.29, 0.717) is 5.02 Å². The molecule has 2 rings (SSSR count). The molecule has 1 heterocycles. The third-order valence-corrected chi connectivity index (χ3v) is 4.35. The molecule has 2 unspecified atom stereocenters. The SMILES string of the molecule is Cc1ccc(C(N)C(C)Sc2ccc(Cl)cn2)cc1. The van der Waals surface area contributed by atoms with Crippen LogP contribution in [0.4, 0.5) is 0 Å². The van der Waals surface area contributed by atoms with Crippen LogP contribution in [0.3, 0.4) is 0 Å². The van der Waals surface area contributed by atoms with Gasteiger partial charge in [-0.1, -0.05) is 48.4 Å². The number of nitrogens with two attached hydrogens (primary N) is 1. The third kappa shape index (κ3) is 3.96. The molecule has 1 aromatic heterocycles. The number of pyridine rings is 1. The maximum absolute atomic E-state index is 6.29. The Morgan fingerprint density at radius 1 is 1.16 bits per heavy atom. The Hall–Kier alpha value is -1.03. The molecule has 1 aromatic carbocycles. The summed E-state index contributed by atoms with van der Waals surface area (Å²) in [5.41, 5.74) is 8.69. The molecule has 0 bridgehead atoms. The molecule has 0 saturated carbocycles. The van der Waals surface area contributed by atoms with E-state index in [-0.39, 0.29) is 11.3 Å². The summed E-state index contributed by atoms with van der Waals surface area (Å²) in [6.07, 6.45) is 1.66. The van der Waals surface area contributed by atoms with Crippen LogP contribution in [0.5, 0.6) is 0 Å². The van der Waals surface area contributed by atoms with Crippen molar-refractivity contribution >= 4 is 23.4 Å². The first-order valence-corrected chi connectivity index (χ1v) is 7.42. The number of rotatable bonds is 4. The molecule has 100 valence electrons. The standard InChI is InChI=1S/C15H17ClN2S/c1-10-3-5-12(6-4-10)15(17)11(2)19-14-8-7-13(16)9-18-14/h3-9,11,15H,17H2,1-2H3. The van der Waals surface area contributed by atoms with Gasteiger partial charge in [0.15, 0.2) is 0 Å². The second-order valence-corrected chi connectivity index (χ2v) is 6.41. The molecule has 2 aromatic rings. The van der Waals surface area contributed by atoms with Gasteiger partial charge in [0, 0.05) is 17.5 Å². The first kappa shape index (κ1) is 14.4. The summed E-state index contributed by atoms with van der Waals surface area (Å²) in [7, 11) is 0. The van der Waals surface area contributed by atoms with Gasteiger partial charge in [-0.15, -0.1) is 11.8 Å². The van der Waals surface area contributed by atoms with Crippen LogP contribution in [-0.4, -0.2) is 10.2 Å². The maximum atomic E-state index is 6.29. The average Bonchev–Trinajstić information content (AvgIpc) is 2.41. The van der Waals surface area contributed by atoms with Crippen molar-refractivity contribution in [2.45, 2.75) is 30.2 Å². The molecule has 0 radical (unpaired) electrons. The highest BCUT2D eigenvalue weighted by Crippen LogP contribution is 2.29. The lowest BCUT2D eigenvalue weighted by atomic mass is 10.0. The molecule has 0 aliphatic heterocycles. The van der Waals surface area contributed by atoms with E-state index >= 15 is 0 Å². The number of aryl methyl sites for hydroxylation is 1. The predicted octanol–water partition coefficient (Wildman–Crippen LogP) is 4.22. The number of nitrogens with zero attached hydrogens (tertiary/aromatic N) is 1. The molecule has 2 N–H and O–H groups in total. The Bertz CT molecular complexity index is 525. The van der Waals surface area contributed by atoms with Crippen molar-refractivity contribution in [2.75, 3.05) is 0 Å². The summed E-state index contributed by atoms with van der Waals surface area (Å²) in [4.78, 5) is 4.28. The van der Waals surface area contributed by atoms with Crippen molar-refractivity contribution in [1.82, 2.24) is 4.98 Å². The summed E-state index contributed by atoms with van der Waals surface area (Å²) in [6.45, 7) is 4.19. The Kier molecular flexibility index (Phi) is 4.86. The number of thioether (sulfide) groups is 1. The highest BCUT2D eigenvalue weighted by atomic mass is 35.5. The van der Waals surface area contributed by atoms with E-state index in [4.69, 9.17) is 17.3 Å². The summed E-state index contributed by atoms with van der Waals surface area (Å²) in [5, 5.41) is 1.84. The first-order chi connectivity index (χ1) is 9.06. The van der Waals surface area contributed by atoms with Crippen molar-refractivity contribution in [1.29, 1.82) is 0 Å². The fourth-order valence-corrected chi connectivity index (χ4v) is 2.81. The van der Waals surface area contributed by atoms with Gasteiger partial charge >= 0.3 is 0 Å². The Labute approximate surface area is 123 Å². The molecule has 19 heavy (non-hydrogen) atoms. The second kappa shape index (κ2) is 6.42. The van der Waals surface area contributed by atoms with Gasteiger partial charge in [-0.2, -0.15) is 0 Å². The quantitative estimate of drug-likeness (QED) is 0.857. The zero-order valence-corrected chi connectivity index (χ0v) is 12.6. The largest absolute Gasteiger partial charge is 0.323 e. The molecule has 4 heteroatoms. The van der Waals surface area contributed by atoms with Crippen LogP contribution < -0.4 is 5.73 Å². The Balaban J connectivity index is 2.04. The van der Waals surface area contributed by atoms with Gasteiger partial charge in [0.1, 0.15) is 0 Å². The summed E-state index contributed by atoms with van der Waals surface area (Å²) >= 11 is 7.49. The van der Waals surface area contributed by atoms with E-state index in [9.17, 15) is 0 Å². The van der Waals surface area contributed by atoms with E-state index in [1.807, 2.05) is 12.1 Å². The smallest absolute Gasteiger partial charge is 0.0964 e. The fourth-order valence-electron chi connectivity index (χ4n) is 1.76. The molecule has 2 atom stereocenters. The van der Waals surface area contributed by atoms with Crippen LogP contribution in [0, 0.1) is 6.92 Å². The van der Waals surface area contributed by atoms with Crippen molar-refractivity contribution in [3.05, 3.63) is 58.7 Å². The lowest BCUT2D eigenvalue weighted by Gasteiger charge is -2.19. The number of hydrogen-bond acceptors (Lipinski definition) is 3. The lowest BCUT2D eigenvalue weighted by Crippen LogP contribution is -2.21. The molecule has 0 spiro atoms. The molecule has 0 fully saturated rings. The summed E-state index contributed by atoms with van der Waals surface area (Å²) in [5.74, 6) is 0. The second-order valence-electron chi connectivity index (χ2n) is 4.57. The van der Waals surface area contributed by atoms with Crippen molar-refractivity contribution < 1.29 is 0 Å². The lowest BCUT2D eigenvalue weighted by molar-refractivity contribution is 0.714. The molecule has 0 aliphatic carbocycles. The summed E-state index contributed by atoms with van der Waals surface area (Å²) in [6, 6.07) is 12.1. The van der Waals surface area contributed by atoms with Gasteiger partial charge < -0.3 is 5.73 Å². The van der Waals surface area contributed by atoms with E-state index in [1.54, 1.807) is 18.0 Å². The highest BCUT2D eigenvalue weighted by Gasteiger charge is 2.16. The van der Waals surface area contributed by atoms with Crippen LogP contribution in [0.1, 0.15) is 24.1 Å². The molecule has 2 nitrogen and oxygen atoms in total. The van der Waals surface area contributed by atoms with Crippen LogP contribution in [-0.2, 0) is 0 Å². The summed E-state index contributed by atoms with van der Waals surface area (Å²) < 4.78 is 0. The van der Waals surface area contributed by atoms with E-state index < -0.39 is 0 Å². The minimum atomic E-state index is -0.0110. The van der Waals surface area contributed by atoms with Crippen LogP contribution in [0.2, 0.25) is 5.02 Å². The minimum absolute atomic E-state index is 0.0110. The Morgan fingerprint density at radius 3 is 2.42 bits per heavy atom. The number of hydrogen-bond donors (Lipinski definition) is 1. The van der Waals surface area contributed by atoms with E-state index in [2.05, 4.69) is 43.1 Å². The number of halogens is 1. The van der Waals surface area contributed by atoms with Gasteiger partial charge in [0.05, 0.1) is 10.0 Å².